The molecule has 0 aliphatic carbocycles. The number of fused-ring (bicyclic) bond motifs is 7. The second-order valence-electron chi connectivity index (χ2n) is 9.28. The van der Waals surface area contributed by atoms with Gasteiger partial charge in [0.2, 0.25) is 6.71 Å². The van der Waals surface area contributed by atoms with Crippen molar-refractivity contribution < 1.29 is 0 Å². The first kappa shape index (κ1) is 17.0. The summed E-state index contributed by atoms with van der Waals surface area (Å²) in [6.45, 7) is 12.4. The molecule has 0 saturated carbocycles. The van der Waals surface area contributed by atoms with Crippen LogP contribution in [0.4, 0.5) is 5.69 Å². The molecule has 144 valence electrons. The van der Waals surface area contributed by atoms with Gasteiger partial charge in [0.15, 0.2) is 5.69 Å². The number of para-hydroxylation sites is 1. The maximum absolute atomic E-state index is 7.49. The summed E-state index contributed by atoms with van der Waals surface area (Å²) in [5.41, 5.74) is 11.4. The number of benzene rings is 4. The molecule has 0 unspecified atom stereocenters. The highest BCUT2D eigenvalue weighted by atomic mass is 15.0. The lowest BCUT2D eigenvalue weighted by Gasteiger charge is -2.41. The van der Waals surface area contributed by atoms with E-state index in [0.29, 0.717) is 5.69 Å². The minimum atomic E-state index is -0.0515. The molecule has 7 rings (SSSR count). The molecule has 0 saturated heterocycles. The SMILES string of the molecule is [C-]#[N+]c1ccc2c(c1)c1cccc3c1n2-c1cccc2c1B3c1ccccc1C2(C)C. The van der Waals surface area contributed by atoms with Crippen molar-refractivity contribution in [3.8, 4) is 5.69 Å². The van der Waals surface area contributed by atoms with E-state index in [0.717, 1.165) is 5.39 Å². The van der Waals surface area contributed by atoms with E-state index in [1.807, 2.05) is 12.1 Å². The zero-order valence-corrected chi connectivity index (χ0v) is 17.5. The molecule has 2 aliphatic heterocycles. The third kappa shape index (κ3) is 1.89. The summed E-state index contributed by atoms with van der Waals surface area (Å²) < 4.78 is 2.44. The molecule has 0 spiro atoms. The summed E-state index contributed by atoms with van der Waals surface area (Å²) in [6.07, 6.45) is 0. The number of hydrogen-bond donors (Lipinski definition) is 0. The maximum Gasteiger partial charge on any atom is 0.247 e. The Morgan fingerprint density at radius 3 is 2.45 bits per heavy atom. The number of nitrogens with zero attached hydrogens (tertiary/aromatic N) is 2. The highest BCUT2D eigenvalue weighted by Gasteiger charge is 2.44. The van der Waals surface area contributed by atoms with Crippen molar-refractivity contribution in [3.05, 3.63) is 101 Å². The van der Waals surface area contributed by atoms with Crippen molar-refractivity contribution in [3.63, 3.8) is 0 Å². The Morgan fingerprint density at radius 2 is 1.58 bits per heavy atom. The summed E-state index contributed by atoms with van der Waals surface area (Å²) in [6, 6.07) is 28.6. The van der Waals surface area contributed by atoms with Gasteiger partial charge in [-0.05, 0) is 45.6 Å². The van der Waals surface area contributed by atoms with E-state index >= 15 is 0 Å². The minimum absolute atomic E-state index is 0.0515. The Balaban J connectivity index is 1.74. The van der Waals surface area contributed by atoms with Gasteiger partial charge in [0.25, 0.3) is 0 Å². The molecule has 5 aromatic rings. The van der Waals surface area contributed by atoms with Gasteiger partial charge in [0, 0.05) is 22.0 Å². The number of rotatable bonds is 0. The van der Waals surface area contributed by atoms with Gasteiger partial charge in [-0.2, -0.15) is 0 Å². The molecule has 0 radical (unpaired) electrons. The third-order valence-corrected chi connectivity index (χ3v) is 7.47. The minimum Gasteiger partial charge on any atom is -0.310 e. The highest BCUT2D eigenvalue weighted by Crippen LogP contribution is 2.39. The van der Waals surface area contributed by atoms with Gasteiger partial charge in [0.1, 0.15) is 0 Å². The van der Waals surface area contributed by atoms with Gasteiger partial charge >= 0.3 is 0 Å². The van der Waals surface area contributed by atoms with Crippen LogP contribution in [0.15, 0.2) is 78.9 Å². The van der Waals surface area contributed by atoms with E-state index in [9.17, 15) is 0 Å². The quantitative estimate of drug-likeness (QED) is 0.259. The van der Waals surface area contributed by atoms with Crippen molar-refractivity contribution in [2.45, 2.75) is 19.3 Å². The van der Waals surface area contributed by atoms with Crippen LogP contribution >= 0.6 is 0 Å². The molecule has 4 aromatic carbocycles. The third-order valence-electron chi connectivity index (χ3n) is 7.47. The Labute approximate surface area is 181 Å². The topological polar surface area (TPSA) is 9.29 Å². The molecule has 1 aromatic heterocycles. The Bertz CT molecular complexity index is 1630. The molecule has 0 fully saturated rings. The molecule has 0 atom stereocenters. The molecule has 2 aliphatic rings. The lowest BCUT2D eigenvalue weighted by atomic mass is 9.30. The molecular formula is C28H19BN2. The molecule has 2 nitrogen and oxygen atoms in total. The first-order chi connectivity index (χ1) is 15.1. The van der Waals surface area contributed by atoms with Gasteiger partial charge in [-0.3, -0.25) is 0 Å². The van der Waals surface area contributed by atoms with Gasteiger partial charge in [0.05, 0.1) is 12.1 Å². The Kier molecular flexibility index (Phi) is 3.00. The van der Waals surface area contributed by atoms with E-state index in [-0.39, 0.29) is 12.1 Å². The predicted molar refractivity (Wildman–Crippen MR) is 130 cm³/mol. The highest BCUT2D eigenvalue weighted by molar-refractivity contribution is 6.99. The first-order valence-electron chi connectivity index (χ1n) is 10.8. The van der Waals surface area contributed by atoms with E-state index in [4.69, 9.17) is 6.57 Å². The van der Waals surface area contributed by atoms with Crippen LogP contribution < -0.4 is 16.4 Å². The fourth-order valence-corrected chi connectivity index (χ4v) is 6.17. The number of aromatic nitrogens is 1. The van der Waals surface area contributed by atoms with Crippen molar-refractivity contribution >= 4 is 50.6 Å². The van der Waals surface area contributed by atoms with Crippen LogP contribution in [0.25, 0.3) is 32.3 Å². The van der Waals surface area contributed by atoms with Crippen LogP contribution in [0.2, 0.25) is 0 Å². The second-order valence-corrected chi connectivity index (χ2v) is 9.28. The van der Waals surface area contributed by atoms with Crippen LogP contribution in [0.5, 0.6) is 0 Å². The summed E-state index contributed by atoms with van der Waals surface area (Å²) in [5, 5.41) is 2.39. The van der Waals surface area contributed by atoms with Crippen LogP contribution in [0.1, 0.15) is 25.0 Å². The average Bonchev–Trinajstić information content (AvgIpc) is 3.14. The van der Waals surface area contributed by atoms with Gasteiger partial charge in [-0.25, -0.2) is 4.85 Å². The Morgan fingerprint density at radius 1 is 0.806 bits per heavy atom. The Hall–Kier alpha value is -3.77. The second kappa shape index (κ2) is 5.48. The van der Waals surface area contributed by atoms with Crippen LogP contribution in [0.3, 0.4) is 0 Å². The molecule has 3 heterocycles. The molecule has 0 amide bonds. The number of hydrogen-bond acceptors (Lipinski definition) is 0. The van der Waals surface area contributed by atoms with E-state index in [1.54, 1.807) is 0 Å². The summed E-state index contributed by atoms with van der Waals surface area (Å²) in [7, 11) is 0. The summed E-state index contributed by atoms with van der Waals surface area (Å²) in [4.78, 5) is 3.69. The van der Waals surface area contributed by atoms with Crippen molar-refractivity contribution in [1.29, 1.82) is 0 Å². The van der Waals surface area contributed by atoms with E-state index in [1.165, 1.54) is 49.6 Å². The van der Waals surface area contributed by atoms with Crippen molar-refractivity contribution in [2.24, 2.45) is 0 Å². The molecule has 31 heavy (non-hydrogen) atoms. The normalized spacial score (nSPS) is 14.9. The average molecular weight is 394 g/mol. The van der Waals surface area contributed by atoms with Crippen LogP contribution in [-0.2, 0) is 5.41 Å². The lowest BCUT2D eigenvalue weighted by Crippen LogP contribution is -2.63. The standard InChI is InChI=1S/C28H19BN2/c1-28(2)20-9-4-5-11-22(20)29-23-12-6-8-18-19-16-17(30-3)14-15-24(19)31(27(18)23)25-13-7-10-21(28)26(25)29/h4-16H,1-2H3. The first-order valence-corrected chi connectivity index (χ1v) is 10.8. The zero-order chi connectivity index (χ0) is 20.9. The molecule has 3 heteroatoms. The zero-order valence-electron chi connectivity index (χ0n) is 17.5. The molecule has 0 bridgehead atoms. The maximum atomic E-state index is 7.49. The van der Waals surface area contributed by atoms with Gasteiger partial charge < -0.3 is 4.57 Å². The van der Waals surface area contributed by atoms with Crippen molar-refractivity contribution in [2.75, 3.05) is 0 Å². The van der Waals surface area contributed by atoms with Crippen LogP contribution in [0, 0.1) is 6.57 Å². The van der Waals surface area contributed by atoms with Gasteiger partial charge in [-0.15, -0.1) is 0 Å². The fourth-order valence-electron chi connectivity index (χ4n) is 6.17. The lowest BCUT2D eigenvalue weighted by molar-refractivity contribution is 0.645. The van der Waals surface area contributed by atoms with Crippen LogP contribution in [-0.4, -0.2) is 11.3 Å². The smallest absolute Gasteiger partial charge is 0.247 e. The van der Waals surface area contributed by atoms with Crippen molar-refractivity contribution in [1.82, 2.24) is 4.57 Å². The molecule has 0 N–H and O–H groups in total. The van der Waals surface area contributed by atoms with Gasteiger partial charge in [-0.1, -0.05) is 80.0 Å². The molecular weight excluding hydrogens is 375 g/mol. The largest absolute Gasteiger partial charge is 0.310 e. The fraction of sp³-hybridized carbons (Fsp3) is 0.107. The van der Waals surface area contributed by atoms with E-state index in [2.05, 4.69) is 90.0 Å². The summed E-state index contributed by atoms with van der Waals surface area (Å²) >= 11 is 0. The predicted octanol–water partition coefficient (Wildman–Crippen LogP) is 4.80. The van der Waals surface area contributed by atoms with E-state index < -0.39 is 0 Å². The summed E-state index contributed by atoms with van der Waals surface area (Å²) in [5.74, 6) is 0. The monoisotopic (exact) mass is 394 g/mol.